The predicted molar refractivity (Wildman–Crippen MR) is 165 cm³/mol. The largest absolute Gasteiger partial charge is 0.449 e. The molecule has 1 amide bonds. The molecule has 3 aromatic rings. The zero-order chi connectivity index (χ0) is 29.3. The van der Waals surface area contributed by atoms with E-state index >= 15 is 0 Å². The van der Waals surface area contributed by atoms with E-state index in [-0.39, 0.29) is 19.8 Å². The molecule has 0 fully saturated rings. The summed E-state index contributed by atoms with van der Waals surface area (Å²) in [5, 5.41) is 15.9. The molecule has 2 N–H and O–H groups in total. The van der Waals surface area contributed by atoms with Gasteiger partial charge in [0, 0.05) is 13.3 Å². The number of amides is 1. The molecule has 1 aliphatic rings. The van der Waals surface area contributed by atoms with Crippen molar-refractivity contribution in [2.75, 3.05) is 32.5 Å². The molecule has 8 nitrogen and oxygen atoms in total. The Morgan fingerprint density at radius 3 is 1.83 bits per heavy atom. The van der Waals surface area contributed by atoms with Gasteiger partial charge in [0.2, 0.25) is 0 Å². The van der Waals surface area contributed by atoms with Gasteiger partial charge in [-0.2, -0.15) is 0 Å². The number of carbonyl (C=O) groups is 1. The van der Waals surface area contributed by atoms with Crippen LogP contribution in [0.15, 0.2) is 91.0 Å². The van der Waals surface area contributed by atoms with E-state index in [1.807, 2.05) is 18.2 Å². The highest BCUT2D eigenvalue weighted by Gasteiger charge is 2.66. The number of hydrogen-bond acceptors (Lipinski definition) is 6. The van der Waals surface area contributed by atoms with Crippen molar-refractivity contribution in [2.45, 2.75) is 32.5 Å². The van der Waals surface area contributed by atoms with Crippen LogP contribution in [0.1, 0.15) is 27.2 Å². The van der Waals surface area contributed by atoms with Crippen molar-refractivity contribution in [1.29, 1.82) is 0 Å². The first-order valence-corrected chi connectivity index (χ1v) is 17.5. The molecule has 10 heteroatoms. The van der Waals surface area contributed by atoms with E-state index in [2.05, 4.69) is 78.1 Å². The Hall–Kier alpha value is -3.02. The lowest BCUT2D eigenvalue weighted by Crippen LogP contribution is -2.44. The third-order valence-corrected chi connectivity index (χ3v) is 15.0. The lowest BCUT2D eigenvalue weighted by Gasteiger charge is -2.31. The molecule has 3 aromatic carbocycles. The number of ether oxygens (including phenoxy) is 1. The summed E-state index contributed by atoms with van der Waals surface area (Å²) in [5.74, 6) is -0.494. The van der Waals surface area contributed by atoms with Crippen molar-refractivity contribution in [1.82, 2.24) is 5.32 Å². The Morgan fingerprint density at radius 1 is 0.927 bits per heavy atom. The van der Waals surface area contributed by atoms with Crippen molar-refractivity contribution in [2.24, 2.45) is 5.92 Å². The highest BCUT2D eigenvalue weighted by atomic mass is 31.2. The summed E-state index contributed by atoms with van der Waals surface area (Å²) in [5.41, 5.74) is 0. The molecule has 0 aliphatic carbocycles. The molecule has 1 heterocycles. The highest BCUT2D eigenvalue weighted by molar-refractivity contribution is 7.95. The van der Waals surface area contributed by atoms with Crippen LogP contribution in [-0.4, -0.2) is 60.1 Å². The van der Waals surface area contributed by atoms with Gasteiger partial charge in [0.25, 0.3) is 0 Å². The highest BCUT2D eigenvalue weighted by Crippen LogP contribution is 2.64. The quantitative estimate of drug-likeness (QED) is 0.160. The van der Waals surface area contributed by atoms with Gasteiger partial charge in [-0.1, -0.05) is 54.6 Å². The molecule has 0 aromatic heterocycles. The van der Waals surface area contributed by atoms with Crippen molar-refractivity contribution in [3.05, 3.63) is 91.0 Å². The molecule has 4 rings (SSSR count). The maximum absolute atomic E-state index is 13.7. The average Bonchev–Trinajstić information content (AvgIpc) is 3.30. The second kappa shape index (κ2) is 13.8. The van der Waals surface area contributed by atoms with Crippen LogP contribution in [0.25, 0.3) is 0 Å². The minimum Gasteiger partial charge on any atom is -0.449 e. The van der Waals surface area contributed by atoms with Crippen molar-refractivity contribution < 1.29 is 33.1 Å². The predicted octanol–water partition coefficient (Wildman–Crippen LogP) is 5.18. The van der Waals surface area contributed by atoms with Crippen LogP contribution >= 0.6 is 14.9 Å². The Balaban J connectivity index is 1.50. The van der Waals surface area contributed by atoms with Crippen LogP contribution in [0.2, 0.25) is 0 Å². The molecule has 0 unspecified atom stereocenters. The Kier molecular flexibility index (Phi) is 10.4. The summed E-state index contributed by atoms with van der Waals surface area (Å²) in [6.45, 7) is 5.70. The van der Waals surface area contributed by atoms with E-state index in [9.17, 15) is 14.6 Å². The maximum atomic E-state index is 13.7. The number of alkyl carbamates (subject to hydrolysis) is 1. The molecule has 0 spiro atoms. The first-order chi connectivity index (χ1) is 19.8. The first kappa shape index (κ1) is 30.9. The van der Waals surface area contributed by atoms with Gasteiger partial charge in [0.05, 0.1) is 31.8 Å². The van der Waals surface area contributed by atoms with Gasteiger partial charge in [-0.05, 0) is 55.0 Å². The number of benzene rings is 3. The molecule has 0 saturated carbocycles. The number of nitrogens with zero attached hydrogens (tertiary/aromatic N) is 1. The van der Waals surface area contributed by atoms with Gasteiger partial charge in [-0.15, -0.1) is 0 Å². The van der Waals surface area contributed by atoms with E-state index in [4.69, 9.17) is 13.8 Å². The van der Waals surface area contributed by atoms with Crippen molar-refractivity contribution in [3.8, 4) is 0 Å². The van der Waals surface area contributed by atoms with E-state index in [1.165, 1.54) is 22.1 Å². The zero-order valence-electron chi connectivity index (χ0n) is 23.9. The molecule has 2 atom stereocenters. The molecule has 41 heavy (non-hydrogen) atoms. The van der Waals surface area contributed by atoms with Gasteiger partial charge in [-0.3, -0.25) is 9.77 Å². The van der Waals surface area contributed by atoms with E-state index in [1.54, 1.807) is 20.8 Å². The topological polar surface area (TPSA) is 97.1 Å². The SMILES string of the molecule is CCOP(=O)(OCC)[C@@]1(C)[C@@H](COC(=O)NCC[P+](c2ccccc2)(c2ccccc2)c2ccccc2)CC=[N+]1O. The van der Waals surface area contributed by atoms with Crippen LogP contribution in [0, 0.1) is 5.92 Å². The van der Waals surface area contributed by atoms with Gasteiger partial charge >= 0.3 is 19.0 Å². The van der Waals surface area contributed by atoms with Crippen molar-refractivity contribution >= 4 is 43.1 Å². The Bertz CT molecular complexity index is 1250. The minimum absolute atomic E-state index is 0.0592. The number of hydroxylamine groups is 1. The minimum atomic E-state index is -3.76. The molecule has 1 aliphatic heterocycles. The number of rotatable bonds is 13. The van der Waals surface area contributed by atoms with Gasteiger partial charge < -0.3 is 19.1 Å². The summed E-state index contributed by atoms with van der Waals surface area (Å²) in [6.07, 6.45) is 2.01. The zero-order valence-corrected chi connectivity index (χ0v) is 25.7. The number of nitrogens with one attached hydrogen (secondary N) is 1. The summed E-state index contributed by atoms with van der Waals surface area (Å²) in [7, 11) is -5.86. The fourth-order valence-corrected chi connectivity index (χ4v) is 11.9. The van der Waals surface area contributed by atoms with E-state index < -0.39 is 32.1 Å². The van der Waals surface area contributed by atoms with Gasteiger partial charge in [0.1, 0.15) is 29.8 Å². The second-order valence-electron chi connectivity index (χ2n) is 9.95. The fraction of sp³-hybridized carbons (Fsp3) is 0.355. The summed E-state index contributed by atoms with van der Waals surface area (Å²) in [4.78, 5) is 12.9. The van der Waals surface area contributed by atoms with Crippen LogP contribution in [0.3, 0.4) is 0 Å². The third kappa shape index (κ3) is 6.27. The smallest absolute Gasteiger partial charge is 0.407 e. The van der Waals surface area contributed by atoms with Crippen LogP contribution in [-0.2, 0) is 18.3 Å². The normalized spacial score (nSPS) is 19.0. The third-order valence-electron chi connectivity index (χ3n) is 7.68. The van der Waals surface area contributed by atoms with Gasteiger partial charge in [0.15, 0.2) is 6.21 Å². The molecule has 0 saturated heterocycles. The Labute approximate surface area is 243 Å². The second-order valence-corrected chi connectivity index (χ2v) is 16.0. The van der Waals surface area contributed by atoms with E-state index in [0.717, 1.165) is 4.74 Å². The number of hydrogen-bond donors (Lipinski definition) is 2. The lowest BCUT2D eigenvalue weighted by atomic mass is 10.0. The molecular formula is C31H40N2O6P2+2. The van der Waals surface area contributed by atoms with E-state index in [0.29, 0.717) is 19.1 Å². The van der Waals surface area contributed by atoms with Gasteiger partial charge in [-0.25, -0.2) is 4.79 Å². The number of carbonyl (C=O) groups excluding carboxylic acids is 1. The summed E-state index contributed by atoms with van der Waals surface area (Å²) in [6, 6.07) is 31.4. The van der Waals surface area contributed by atoms with Crippen LogP contribution < -0.4 is 21.2 Å². The fourth-order valence-electron chi connectivity index (χ4n) is 5.47. The average molecular weight is 599 g/mol. The summed E-state index contributed by atoms with van der Waals surface area (Å²) >= 11 is 0. The molecular weight excluding hydrogens is 558 g/mol. The Morgan fingerprint density at radius 2 is 1.39 bits per heavy atom. The molecule has 0 bridgehead atoms. The van der Waals surface area contributed by atoms with Crippen molar-refractivity contribution in [3.63, 3.8) is 0 Å². The van der Waals surface area contributed by atoms with Crippen LogP contribution in [0.5, 0.6) is 0 Å². The first-order valence-electron chi connectivity index (χ1n) is 14.0. The van der Waals surface area contributed by atoms with Crippen LogP contribution in [0.4, 0.5) is 4.79 Å². The molecule has 0 radical (unpaired) electrons. The monoisotopic (exact) mass is 598 g/mol. The standard InChI is InChI=1S/C31H39N2O6P2/c1-4-38-41(36,39-5-2)31(3)26(21-23-33(31)35)25-37-30(34)32-22-24-40(27-15-9-6-10-16-27,28-17-11-7-12-18-28)29-19-13-8-14-20-29/h6-20,23,26H,4-5,21-22,24-25H2,1-3H3,(H-,32,34,35)/q+1/p+1/t26-,31+/m1/s1. The lowest BCUT2D eigenvalue weighted by molar-refractivity contribution is -0.805. The maximum Gasteiger partial charge on any atom is 0.407 e. The molecule has 218 valence electrons. The summed E-state index contributed by atoms with van der Waals surface area (Å²) < 4.78 is 31.3.